The number of aryl methyl sites for hydroxylation is 1. The van der Waals surface area contributed by atoms with Crippen LogP contribution in [0.4, 0.5) is 0 Å². The molecular formula is C13H18BrN3OS. The van der Waals surface area contributed by atoms with E-state index in [2.05, 4.69) is 44.7 Å². The zero-order chi connectivity index (χ0) is 13.7. The van der Waals surface area contributed by atoms with E-state index in [0.717, 1.165) is 35.7 Å². The van der Waals surface area contributed by atoms with Crippen molar-refractivity contribution in [3.8, 4) is 0 Å². The number of hydrogen-bond donors (Lipinski definition) is 1. The maximum absolute atomic E-state index is 5.01. The van der Waals surface area contributed by atoms with Crippen molar-refractivity contribution in [3.05, 3.63) is 38.3 Å². The summed E-state index contributed by atoms with van der Waals surface area (Å²) >= 11 is 5.23. The fourth-order valence-electron chi connectivity index (χ4n) is 1.81. The molecule has 0 aromatic carbocycles. The maximum atomic E-state index is 5.01. The van der Waals surface area contributed by atoms with Gasteiger partial charge in [-0.2, -0.15) is 5.10 Å². The van der Waals surface area contributed by atoms with Crippen LogP contribution in [-0.2, 0) is 17.8 Å². The van der Waals surface area contributed by atoms with Crippen LogP contribution < -0.4 is 5.32 Å². The largest absolute Gasteiger partial charge is 0.383 e. The molecule has 4 nitrogen and oxygen atoms in total. The van der Waals surface area contributed by atoms with Crippen LogP contribution in [0, 0.1) is 6.92 Å². The van der Waals surface area contributed by atoms with Gasteiger partial charge in [0.05, 0.1) is 22.6 Å². The zero-order valence-corrected chi connectivity index (χ0v) is 13.6. The molecule has 0 aliphatic heterocycles. The zero-order valence-electron chi connectivity index (χ0n) is 11.1. The third-order valence-electron chi connectivity index (χ3n) is 2.79. The summed E-state index contributed by atoms with van der Waals surface area (Å²) in [6.07, 6.45) is 2.11. The van der Waals surface area contributed by atoms with Gasteiger partial charge in [0.15, 0.2) is 0 Å². The van der Waals surface area contributed by atoms with Gasteiger partial charge >= 0.3 is 0 Å². The molecule has 0 fully saturated rings. The maximum Gasteiger partial charge on any atom is 0.0752 e. The molecule has 0 spiro atoms. The Morgan fingerprint density at radius 2 is 2.32 bits per heavy atom. The number of thiophene rings is 1. The van der Waals surface area contributed by atoms with Gasteiger partial charge in [0.25, 0.3) is 0 Å². The van der Waals surface area contributed by atoms with Crippen molar-refractivity contribution in [2.24, 2.45) is 0 Å². The Hall–Kier alpha value is -0.690. The molecule has 104 valence electrons. The topological polar surface area (TPSA) is 39.1 Å². The van der Waals surface area contributed by atoms with Crippen molar-refractivity contribution in [2.45, 2.75) is 20.0 Å². The molecule has 2 aromatic rings. The predicted molar refractivity (Wildman–Crippen MR) is 81.7 cm³/mol. The number of aromatic nitrogens is 2. The van der Waals surface area contributed by atoms with Gasteiger partial charge in [0.2, 0.25) is 0 Å². The molecule has 2 aromatic heterocycles. The molecule has 0 radical (unpaired) electrons. The Kier molecular flexibility index (Phi) is 5.57. The fraction of sp³-hybridized carbons (Fsp3) is 0.462. The Morgan fingerprint density at radius 1 is 1.47 bits per heavy atom. The van der Waals surface area contributed by atoms with Gasteiger partial charge in [-0.05, 0) is 35.0 Å². The Labute approximate surface area is 125 Å². The van der Waals surface area contributed by atoms with E-state index in [-0.39, 0.29) is 0 Å². The van der Waals surface area contributed by atoms with Crippen LogP contribution >= 0.6 is 27.3 Å². The summed E-state index contributed by atoms with van der Waals surface area (Å²) in [7, 11) is 1.71. The molecule has 0 bridgehead atoms. The molecule has 2 rings (SSSR count). The third-order valence-corrected chi connectivity index (χ3v) is 4.40. The molecular weight excluding hydrogens is 326 g/mol. The van der Waals surface area contributed by atoms with E-state index < -0.39 is 0 Å². The molecule has 0 atom stereocenters. The molecule has 0 aliphatic carbocycles. The Balaban J connectivity index is 1.92. The van der Waals surface area contributed by atoms with Gasteiger partial charge in [0.1, 0.15) is 0 Å². The molecule has 0 saturated heterocycles. The van der Waals surface area contributed by atoms with E-state index >= 15 is 0 Å². The van der Waals surface area contributed by atoms with Gasteiger partial charge in [-0.3, -0.25) is 4.68 Å². The van der Waals surface area contributed by atoms with Crippen molar-refractivity contribution >= 4 is 27.3 Å². The molecule has 6 heteroatoms. The van der Waals surface area contributed by atoms with Crippen LogP contribution in [0.25, 0.3) is 0 Å². The molecule has 19 heavy (non-hydrogen) atoms. The quantitative estimate of drug-likeness (QED) is 0.785. The van der Waals surface area contributed by atoms with E-state index in [1.165, 1.54) is 10.4 Å². The second-order valence-electron chi connectivity index (χ2n) is 4.31. The summed E-state index contributed by atoms with van der Waals surface area (Å²) in [5.41, 5.74) is 2.33. The van der Waals surface area contributed by atoms with E-state index in [9.17, 15) is 0 Å². The van der Waals surface area contributed by atoms with Gasteiger partial charge in [-0.25, -0.2) is 0 Å². The van der Waals surface area contributed by atoms with Gasteiger partial charge in [-0.15, -0.1) is 11.3 Å². The summed E-state index contributed by atoms with van der Waals surface area (Å²) in [4.78, 5) is 1.30. The fourth-order valence-corrected chi connectivity index (χ4v) is 3.28. The highest BCUT2D eigenvalue weighted by Crippen LogP contribution is 2.22. The number of nitrogens with one attached hydrogen (secondary N) is 1. The normalized spacial score (nSPS) is 11.1. The van der Waals surface area contributed by atoms with Crippen LogP contribution in [0.3, 0.4) is 0 Å². The van der Waals surface area contributed by atoms with Crippen molar-refractivity contribution < 1.29 is 4.74 Å². The molecule has 0 unspecified atom stereocenters. The Morgan fingerprint density at radius 3 is 3.00 bits per heavy atom. The number of methoxy groups -OCH3 is 1. The molecule has 0 saturated carbocycles. The van der Waals surface area contributed by atoms with Gasteiger partial charge in [-0.1, -0.05) is 0 Å². The average molecular weight is 344 g/mol. The standard InChI is InChI=1S/C13H18BrN3OS/c1-10-11(7-15-5-6-18-2)8-17(16-10)9-12-3-4-13(14)19-12/h3-4,8,15H,5-7,9H2,1-2H3. The molecule has 0 amide bonds. The first-order chi connectivity index (χ1) is 9.19. The summed E-state index contributed by atoms with van der Waals surface area (Å²) in [6.45, 7) is 5.31. The minimum Gasteiger partial charge on any atom is -0.383 e. The number of nitrogens with zero attached hydrogens (tertiary/aromatic N) is 2. The smallest absolute Gasteiger partial charge is 0.0752 e. The Bertz CT molecular complexity index is 524. The van der Waals surface area contributed by atoms with Crippen LogP contribution in [-0.4, -0.2) is 30.0 Å². The van der Waals surface area contributed by atoms with Crippen molar-refractivity contribution in [3.63, 3.8) is 0 Å². The minimum atomic E-state index is 0.733. The summed E-state index contributed by atoms with van der Waals surface area (Å²) in [5.74, 6) is 0. The van der Waals surface area contributed by atoms with Crippen molar-refractivity contribution in [1.29, 1.82) is 0 Å². The van der Waals surface area contributed by atoms with Gasteiger partial charge < -0.3 is 10.1 Å². The summed E-state index contributed by atoms with van der Waals surface area (Å²) in [5, 5.41) is 7.89. The molecule has 1 N–H and O–H groups in total. The summed E-state index contributed by atoms with van der Waals surface area (Å²) < 4.78 is 8.17. The minimum absolute atomic E-state index is 0.733. The number of halogens is 1. The first-order valence-corrected chi connectivity index (χ1v) is 7.77. The highest BCUT2D eigenvalue weighted by Gasteiger charge is 2.06. The highest BCUT2D eigenvalue weighted by molar-refractivity contribution is 9.11. The van der Waals surface area contributed by atoms with Crippen molar-refractivity contribution in [1.82, 2.24) is 15.1 Å². The number of rotatable bonds is 7. The first kappa shape index (κ1) is 14.7. The monoisotopic (exact) mass is 343 g/mol. The lowest BCUT2D eigenvalue weighted by Gasteiger charge is -2.02. The van der Waals surface area contributed by atoms with Crippen LogP contribution in [0.1, 0.15) is 16.1 Å². The number of hydrogen-bond acceptors (Lipinski definition) is 4. The lowest BCUT2D eigenvalue weighted by atomic mass is 10.2. The second kappa shape index (κ2) is 7.19. The van der Waals surface area contributed by atoms with Crippen molar-refractivity contribution in [2.75, 3.05) is 20.3 Å². The van der Waals surface area contributed by atoms with E-state index in [4.69, 9.17) is 4.74 Å². The predicted octanol–water partition coefficient (Wildman–Crippen LogP) is 2.80. The molecule has 0 aliphatic rings. The number of ether oxygens (including phenoxy) is 1. The second-order valence-corrected chi connectivity index (χ2v) is 6.86. The first-order valence-electron chi connectivity index (χ1n) is 6.16. The van der Waals surface area contributed by atoms with Crippen LogP contribution in [0.5, 0.6) is 0 Å². The van der Waals surface area contributed by atoms with E-state index in [1.807, 2.05) is 11.6 Å². The van der Waals surface area contributed by atoms with Gasteiger partial charge in [0, 0.05) is 36.8 Å². The highest BCUT2D eigenvalue weighted by atomic mass is 79.9. The third kappa shape index (κ3) is 4.42. The van der Waals surface area contributed by atoms with Crippen LogP contribution in [0.15, 0.2) is 22.1 Å². The molecule has 2 heterocycles. The lowest BCUT2D eigenvalue weighted by molar-refractivity contribution is 0.199. The lowest BCUT2D eigenvalue weighted by Crippen LogP contribution is -2.18. The van der Waals surface area contributed by atoms with E-state index in [0.29, 0.717) is 0 Å². The van der Waals surface area contributed by atoms with E-state index in [1.54, 1.807) is 18.4 Å². The van der Waals surface area contributed by atoms with Crippen LogP contribution in [0.2, 0.25) is 0 Å². The average Bonchev–Trinajstić information content (AvgIpc) is 2.92. The SMILES string of the molecule is COCCNCc1cn(Cc2ccc(Br)s2)nc1C. The summed E-state index contributed by atoms with van der Waals surface area (Å²) in [6, 6.07) is 4.20.